The Morgan fingerprint density at radius 3 is 2.65 bits per heavy atom. The van der Waals surface area contributed by atoms with Gasteiger partial charge in [-0.25, -0.2) is 9.97 Å². The van der Waals surface area contributed by atoms with Crippen molar-refractivity contribution < 1.29 is 14.3 Å². The number of aryl methyl sites for hydroxylation is 1. The zero-order valence-electron chi connectivity index (χ0n) is 20.8. The average Bonchev–Trinajstić information content (AvgIpc) is 3.22. The van der Waals surface area contributed by atoms with Crippen LogP contribution in [0.15, 0.2) is 66.9 Å². The van der Waals surface area contributed by atoms with E-state index in [1.165, 1.54) is 4.90 Å². The van der Waals surface area contributed by atoms with Crippen LogP contribution in [0.1, 0.15) is 35.1 Å². The van der Waals surface area contributed by atoms with E-state index in [4.69, 9.17) is 20.9 Å². The van der Waals surface area contributed by atoms with Crippen LogP contribution in [0.5, 0.6) is 0 Å². The second kappa shape index (κ2) is 11.3. The molecular weight excluding hydrogens is 470 g/mol. The number of ether oxygens (including phenoxy) is 1. The maximum Gasteiger partial charge on any atom is 0.307 e. The zero-order valence-corrected chi connectivity index (χ0v) is 20.8. The summed E-state index contributed by atoms with van der Waals surface area (Å²) >= 11 is 0. The van der Waals surface area contributed by atoms with E-state index >= 15 is 0 Å². The van der Waals surface area contributed by atoms with Crippen molar-refractivity contribution in [2.24, 2.45) is 12.8 Å². The number of pyridine rings is 1. The lowest BCUT2D eigenvalue weighted by Crippen LogP contribution is -2.34. The van der Waals surface area contributed by atoms with E-state index in [0.717, 1.165) is 17.0 Å². The van der Waals surface area contributed by atoms with E-state index in [1.54, 1.807) is 49.5 Å². The lowest BCUT2D eigenvalue weighted by Gasteiger charge is -2.21. The third-order valence-electron chi connectivity index (χ3n) is 5.89. The molecule has 0 aliphatic carbocycles. The van der Waals surface area contributed by atoms with E-state index in [0.29, 0.717) is 29.0 Å². The van der Waals surface area contributed by atoms with Crippen LogP contribution < -0.4 is 16.0 Å². The number of hydrogen-bond donors (Lipinski definition) is 3. The molecule has 0 unspecified atom stereocenters. The number of benzene rings is 2. The Labute approximate surface area is 214 Å². The van der Waals surface area contributed by atoms with E-state index in [2.05, 4.69) is 10.3 Å². The third kappa shape index (κ3) is 5.75. The van der Waals surface area contributed by atoms with Crippen molar-refractivity contribution >= 4 is 40.3 Å². The number of imidazole rings is 1. The van der Waals surface area contributed by atoms with Crippen LogP contribution >= 0.6 is 0 Å². The van der Waals surface area contributed by atoms with Crippen molar-refractivity contribution in [3.63, 3.8) is 0 Å². The maximum atomic E-state index is 13.5. The quantitative estimate of drug-likeness (QED) is 0.172. The van der Waals surface area contributed by atoms with Crippen LogP contribution in [0.2, 0.25) is 0 Å². The first-order valence-corrected chi connectivity index (χ1v) is 11.9. The third-order valence-corrected chi connectivity index (χ3v) is 5.89. The van der Waals surface area contributed by atoms with E-state index in [9.17, 15) is 9.59 Å². The van der Waals surface area contributed by atoms with Gasteiger partial charge in [-0.3, -0.25) is 19.9 Å². The van der Waals surface area contributed by atoms with Gasteiger partial charge in [-0.1, -0.05) is 18.2 Å². The number of nitrogens with zero attached hydrogens (tertiary/aromatic N) is 4. The molecule has 10 nitrogen and oxygen atoms in total. The molecule has 0 saturated heterocycles. The monoisotopic (exact) mass is 499 g/mol. The summed E-state index contributed by atoms with van der Waals surface area (Å²) in [6.45, 7) is 2.57. The minimum Gasteiger partial charge on any atom is -0.466 e. The Bertz CT molecular complexity index is 1430. The van der Waals surface area contributed by atoms with Gasteiger partial charge < -0.3 is 20.4 Å². The first-order chi connectivity index (χ1) is 17.9. The summed E-state index contributed by atoms with van der Waals surface area (Å²) in [5, 5.41) is 11.1. The first-order valence-electron chi connectivity index (χ1n) is 11.9. The summed E-state index contributed by atoms with van der Waals surface area (Å²) in [6.07, 6.45) is 1.66. The Kier molecular flexibility index (Phi) is 7.77. The number of esters is 1. The molecule has 37 heavy (non-hydrogen) atoms. The lowest BCUT2D eigenvalue weighted by molar-refractivity contribution is -0.142. The van der Waals surface area contributed by atoms with Crippen LogP contribution in [0.3, 0.4) is 0 Å². The van der Waals surface area contributed by atoms with Gasteiger partial charge in [0.1, 0.15) is 17.5 Å². The highest BCUT2D eigenvalue weighted by molar-refractivity contribution is 6.07. The number of nitrogens with one attached hydrogen (secondary N) is 2. The average molecular weight is 500 g/mol. The molecule has 0 aliphatic rings. The molecule has 10 heteroatoms. The van der Waals surface area contributed by atoms with Gasteiger partial charge in [0.05, 0.1) is 30.6 Å². The Morgan fingerprint density at radius 1 is 1.14 bits per heavy atom. The number of fused-ring (bicyclic) bond motifs is 1. The predicted octanol–water partition coefficient (Wildman–Crippen LogP) is 3.46. The smallest absolute Gasteiger partial charge is 0.307 e. The van der Waals surface area contributed by atoms with Gasteiger partial charge in [0.2, 0.25) is 0 Å². The van der Waals surface area contributed by atoms with E-state index in [1.807, 2.05) is 35.9 Å². The molecule has 2 heterocycles. The number of para-hydroxylation sites is 1. The molecule has 4 aromatic rings. The van der Waals surface area contributed by atoms with Gasteiger partial charge in [0.15, 0.2) is 0 Å². The van der Waals surface area contributed by atoms with Gasteiger partial charge >= 0.3 is 5.97 Å². The fourth-order valence-corrected chi connectivity index (χ4v) is 4.01. The van der Waals surface area contributed by atoms with E-state index < -0.39 is 0 Å². The van der Waals surface area contributed by atoms with Crippen molar-refractivity contribution in [1.29, 1.82) is 5.41 Å². The molecule has 0 saturated carbocycles. The summed E-state index contributed by atoms with van der Waals surface area (Å²) in [5.74, 6) is 0.524. The van der Waals surface area contributed by atoms with Crippen LogP contribution in [0, 0.1) is 5.41 Å². The standard InChI is InChI=1S/C27H29N7O3/c1-3-37-25(35)13-15-34(23-10-6-7-14-30-23)27(36)18-11-12-22-21(16-18)32-24(33(22)2)17-31-20-9-5-4-8-19(20)26(28)29/h4-12,14,16,31H,3,13,15,17H2,1-2H3,(H3,28,29). The van der Waals surface area contributed by atoms with Crippen LogP contribution in [-0.2, 0) is 23.1 Å². The van der Waals surface area contributed by atoms with Gasteiger partial charge in [-0.05, 0) is 49.4 Å². The van der Waals surface area contributed by atoms with Gasteiger partial charge in [0, 0.05) is 36.6 Å². The van der Waals surface area contributed by atoms with Crippen molar-refractivity contribution in [2.75, 3.05) is 23.4 Å². The summed E-state index contributed by atoms with van der Waals surface area (Å²) in [5.41, 5.74) is 9.01. The Balaban J connectivity index is 1.58. The van der Waals surface area contributed by atoms with Crippen LogP contribution in [0.25, 0.3) is 11.0 Å². The molecule has 190 valence electrons. The number of amidine groups is 1. The van der Waals surface area contributed by atoms with Crippen molar-refractivity contribution in [3.05, 3.63) is 83.8 Å². The van der Waals surface area contributed by atoms with Crippen molar-refractivity contribution in [2.45, 2.75) is 19.9 Å². The number of carbonyl (C=O) groups excluding carboxylic acids is 2. The summed E-state index contributed by atoms with van der Waals surface area (Å²) in [6, 6.07) is 18.0. The van der Waals surface area contributed by atoms with Crippen molar-refractivity contribution in [3.8, 4) is 0 Å². The normalized spacial score (nSPS) is 10.8. The molecule has 2 aromatic carbocycles. The number of hydrogen-bond acceptors (Lipinski definition) is 7. The Morgan fingerprint density at radius 2 is 1.92 bits per heavy atom. The number of aromatic nitrogens is 3. The lowest BCUT2D eigenvalue weighted by atomic mass is 10.1. The molecule has 0 aliphatic heterocycles. The summed E-state index contributed by atoms with van der Waals surface area (Å²) in [4.78, 5) is 36.0. The topological polar surface area (TPSA) is 139 Å². The molecule has 4 N–H and O–H groups in total. The fraction of sp³-hybridized carbons (Fsp3) is 0.222. The highest BCUT2D eigenvalue weighted by atomic mass is 16.5. The highest BCUT2D eigenvalue weighted by Crippen LogP contribution is 2.22. The molecule has 1 amide bonds. The first kappa shape index (κ1) is 25.4. The second-order valence-corrected chi connectivity index (χ2v) is 8.30. The number of nitrogen functional groups attached to an aromatic ring is 1. The van der Waals surface area contributed by atoms with Gasteiger partial charge in [-0.2, -0.15) is 0 Å². The molecule has 0 spiro atoms. The number of carbonyl (C=O) groups is 2. The largest absolute Gasteiger partial charge is 0.466 e. The molecule has 4 rings (SSSR count). The van der Waals surface area contributed by atoms with E-state index in [-0.39, 0.29) is 37.3 Å². The molecule has 2 aromatic heterocycles. The van der Waals surface area contributed by atoms with Crippen molar-refractivity contribution in [1.82, 2.24) is 14.5 Å². The number of nitrogens with two attached hydrogens (primary N) is 1. The second-order valence-electron chi connectivity index (χ2n) is 8.30. The Hall–Kier alpha value is -4.73. The minimum absolute atomic E-state index is 0.0170. The predicted molar refractivity (Wildman–Crippen MR) is 143 cm³/mol. The minimum atomic E-state index is -0.375. The SMILES string of the molecule is CCOC(=O)CCN(C(=O)c1ccc2c(c1)nc(CNc1ccccc1C(=N)N)n2C)c1ccccn1. The molecule has 0 radical (unpaired) electrons. The molecule has 0 fully saturated rings. The maximum absolute atomic E-state index is 13.5. The van der Waals surface area contributed by atoms with Crippen LogP contribution in [-0.4, -0.2) is 45.4 Å². The molecule has 0 bridgehead atoms. The zero-order chi connectivity index (χ0) is 26.4. The molecule has 0 atom stereocenters. The highest BCUT2D eigenvalue weighted by Gasteiger charge is 2.21. The number of anilines is 2. The fourth-order valence-electron chi connectivity index (χ4n) is 4.01. The summed E-state index contributed by atoms with van der Waals surface area (Å²) in [7, 11) is 1.91. The summed E-state index contributed by atoms with van der Waals surface area (Å²) < 4.78 is 6.98. The van der Waals surface area contributed by atoms with Crippen LogP contribution in [0.4, 0.5) is 11.5 Å². The molecular formula is C27H29N7O3. The number of rotatable bonds is 10. The van der Waals surface area contributed by atoms with Gasteiger partial charge in [0.25, 0.3) is 5.91 Å². The number of amides is 1. The van der Waals surface area contributed by atoms with Gasteiger partial charge in [-0.15, -0.1) is 0 Å².